The third-order valence-electron chi connectivity index (χ3n) is 3.55. The van der Waals surface area contributed by atoms with Crippen LogP contribution in [0.25, 0.3) is 0 Å². The summed E-state index contributed by atoms with van der Waals surface area (Å²) in [5.41, 5.74) is 0. The molecule has 0 radical (unpaired) electrons. The summed E-state index contributed by atoms with van der Waals surface area (Å²) in [6.45, 7) is 3.78. The number of piperidine rings is 1. The number of urea groups is 1. The number of carboxylic acid groups (broad SMARTS) is 1. The third kappa shape index (κ3) is 5.46. The maximum Gasteiger partial charge on any atom is 0.317 e. The summed E-state index contributed by atoms with van der Waals surface area (Å²) in [7, 11) is 1.62. The Hall–Kier alpha value is -1.30. The molecule has 0 aliphatic carbocycles. The number of carbonyl (C=O) groups is 2. The van der Waals surface area contributed by atoms with Crippen molar-refractivity contribution in [3.63, 3.8) is 0 Å². The number of carboxylic acids is 1. The molecule has 1 saturated heterocycles. The Morgan fingerprint density at radius 1 is 1.42 bits per heavy atom. The third-order valence-corrected chi connectivity index (χ3v) is 3.55. The molecule has 1 unspecified atom stereocenters. The van der Waals surface area contributed by atoms with E-state index in [0.29, 0.717) is 19.7 Å². The molecule has 6 heteroatoms. The van der Waals surface area contributed by atoms with Crippen molar-refractivity contribution < 1.29 is 19.4 Å². The fourth-order valence-corrected chi connectivity index (χ4v) is 2.32. The van der Waals surface area contributed by atoms with E-state index in [1.54, 1.807) is 12.0 Å². The Morgan fingerprint density at radius 3 is 2.53 bits per heavy atom. The van der Waals surface area contributed by atoms with Gasteiger partial charge in [-0.05, 0) is 25.2 Å². The summed E-state index contributed by atoms with van der Waals surface area (Å²) < 4.78 is 5.05. The molecule has 1 fully saturated rings. The lowest BCUT2D eigenvalue weighted by molar-refractivity contribution is -0.138. The van der Waals surface area contributed by atoms with Crippen LogP contribution in [-0.2, 0) is 9.53 Å². The van der Waals surface area contributed by atoms with Crippen molar-refractivity contribution in [3.8, 4) is 0 Å². The number of ether oxygens (including phenoxy) is 1. The number of hydrogen-bond acceptors (Lipinski definition) is 3. The molecular weight excluding hydrogens is 248 g/mol. The number of carbonyl (C=O) groups excluding carboxylic acids is 1. The summed E-state index contributed by atoms with van der Waals surface area (Å²) >= 11 is 0. The fraction of sp³-hybridized carbons (Fsp3) is 0.846. The molecule has 0 aromatic carbocycles. The van der Waals surface area contributed by atoms with Gasteiger partial charge < -0.3 is 20.1 Å². The second-order valence-electron chi connectivity index (χ2n) is 5.04. The van der Waals surface area contributed by atoms with E-state index in [4.69, 9.17) is 9.84 Å². The molecule has 1 aliphatic rings. The fourth-order valence-electron chi connectivity index (χ4n) is 2.32. The number of nitrogens with zero attached hydrogens (tertiary/aromatic N) is 1. The van der Waals surface area contributed by atoms with Crippen LogP contribution >= 0.6 is 0 Å². The Labute approximate surface area is 114 Å². The molecule has 0 saturated carbocycles. The quantitative estimate of drug-likeness (QED) is 0.764. The molecule has 2 N–H and O–H groups in total. The molecule has 0 aromatic heterocycles. The van der Waals surface area contributed by atoms with Gasteiger partial charge in [-0.1, -0.05) is 6.92 Å². The van der Waals surface area contributed by atoms with E-state index in [2.05, 4.69) is 5.32 Å². The van der Waals surface area contributed by atoms with Gasteiger partial charge in [0, 0.05) is 26.6 Å². The zero-order valence-corrected chi connectivity index (χ0v) is 11.7. The average Bonchev–Trinajstić information content (AvgIpc) is 2.38. The molecule has 1 rings (SSSR count). The SMILES string of the molecule is CCC(COC)NC(=O)N1CCC(CC(=O)O)CC1. The lowest BCUT2D eigenvalue weighted by atomic mass is 9.94. The molecule has 19 heavy (non-hydrogen) atoms. The number of nitrogens with one attached hydrogen (secondary N) is 1. The smallest absolute Gasteiger partial charge is 0.317 e. The number of aliphatic carboxylic acids is 1. The zero-order chi connectivity index (χ0) is 14.3. The lowest BCUT2D eigenvalue weighted by Crippen LogP contribution is -2.49. The molecule has 110 valence electrons. The van der Waals surface area contributed by atoms with Crippen molar-refractivity contribution in [2.75, 3.05) is 26.8 Å². The van der Waals surface area contributed by atoms with E-state index in [9.17, 15) is 9.59 Å². The Bertz CT molecular complexity index is 301. The largest absolute Gasteiger partial charge is 0.481 e. The van der Waals surface area contributed by atoms with Gasteiger partial charge in [0.1, 0.15) is 0 Å². The van der Waals surface area contributed by atoms with Gasteiger partial charge in [0.2, 0.25) is 0 Å². The summed E-state index contributed by atoms with van der Waals surface area (Å²) in [6.07, 6.45) is 2.56. The number of likely N-dealkylation sites (tertiary alicyclic amines) is 1. The number of hydrogen-bond donors (Lipinski definition) is 2. The summed E-state index contributed by atoms with van der Waals surface area (Å²) in [6, 6.07) is -0.0353. The highest BCUT2D eigenvalue weighted by atomic mass is 16.5. The second-order valence-corrected chi connectivity index (χ2v) is 5.04. The van der Waals surface area contributed by atoms with E-state index in [0.717, 1.165) is 19.3 Å². The Balaban J connectivity index is 2.33. The first-order chi connectivity index (χ1) is 9.06. The van der Waals surface area contributed by atoms with Gasteiger partial charge in [-0.15, -0.1) is 0 Å². The van der Waals surface area contributed by atoms with Crippen molar-refractivity contribution >= 4 is 12.0 Å². The predicted molar refractivity (Wildman–Crippen MR) is 71.0 cm³/mol. The first kappa shape index (κ1) is 15.8. The van der Waals surface area contributed by atoms with Crippen LogP contribution in [0.1, 0.15) is 32.6 Å². The summed E-state index contributed by atoms with van der Waals surface area (Å²) in [5, 5.41) is 11.7. The first-order valence-corrected chi connectivity index (χ1v) is 6.83. The van der Waals surface area contributed by atoms with E-state index in [1.165, 1.54) is 0 Å². The normalized spacial score (nSPS) is 18.1. The van der Waals surface area contributed by atoms with Crippen molar-refractivity contribution in [2.24, 2.45) is 5.92 Å². The maximum atomic E-state index is 12.0. The Morgan fingerprint density at radius 2 is 2.05 bits per heavy atom. The van der Waals surface area contributed by atoms with Gasteiger partial charge in [-0.25, -0.2) is 4.79 Å². The minimum Gasteiger partial charge on any atom is -0.481 e. The van der Waals surface area contributed by atoms with E-state index in [-0.39, 0.29) is 24.4 Å². The van der Waals surface area contributed by atoms with E-state index >= 15 is 0 Å². The number of amides is 2. The van der Waals surface area contributed by atoms with Crippen LogP contribution in [-0.4, -0.2) is 54.9 Å². The molecule has 6 nitrogen and oxygen atoms in total. The molecule has 0 bridgehead atoms. The van der Waals surface area contributed by atoms with Crippen LogP contribution in [0, 0.1) is 5.92 Å². The van der Waals surface area contributed by atoms with Crippen LogP contribution in [0.15, 0.2) is 0 Å². The first-order valence-electron chi connectivity index (χ1n) is 6.83. The van der Waals surface area contributed by atoms with Crippen molar-refractivity contribution in [2.45, 2.75) is 38.6 Å². The van der Waals surface area contributed by atoms with Crippen LogP contribution in [0.5, 0.6) is 0 Å². The minimum atomic E-state index is -0.756. The van der Waals surface area contributed by atoms with Gasteiger partial charge in [0.05, 0.1) is 12.6 Å². The van der Waals surface area contributed by atoms with Crippen LogP contribution in [0.4, 0.5) is 4.79 Å². The average molecular weight is 272 g/mol. The van der Waals surface area contributed by atoms with Crippen LogP contribution < -0.4 is 5.32 Å². The number of methoxy groups -OCH3 is 1. The van der Waals surface area contributed by atoms with E-state index in [1.807, 2.05) is 6.92 Å². The number of rotatable bonds is 6. The molecule has 1 atom stereocenters. The standard InChI is InChI=1S/C13H24N2O4/c1-3-11(9-19-2)14-13(18)15-6-4-10(5-7-15)8-12(16)17/h10-11H,3-9H2,1-2H3,(H,14,18)(H,16,17). The lowest BCUT2D eigenvalue weighted by Gasteiger charge is -2.32. The predicted octanol–water partition coefficient (Wildman–Crippen LogP) is 1.31. The van der Waals surface area contributed by atoms with Crippen LogP contribution in [0.2, 0.25) is 0 Å². The molecule has 0 aromatic rings. The van der Waals surface area contributed by atoms with Crippen molar-refractivity contribution in [1.82, 2.24) is 10.2 Å². The van der Waals surface area contributed by atoms with Crippen molar-refractivity contribution in [1.29, 1.82) is 0 Å². The highest BCUT2D eigenvalue weighted by Crippen LogP contribution is 2.20. The zero-order valence-electron chi connectivity index (χ0n) is 11.7. The molecule has 2 amide bonds. The van der Waals surface area contributed by atoms with Gasteiger partial charge in [-0.3, -0.25) is 4.79 Å². The molecular formula is C13H24N2O4. The molecule has 0 spiro atoms. The van der Waals surface area contributed by atoms with Crippen molar-refractivity contribution in [3.05, 3.63) is 0 Å². The topological polar surface area (TPSA) is 78.9 Å². The summed E-state index contributed by atoms with van der Waals surface area (Å²) in [5.74, 6) is -0.559. The highest BCUT2D eigenvalue weighted by molar-refractivity contribution is 5.74. The highest BCUT2D eigenvalue weighted by Gasteiger charge is 2.25. The maximum absolute atomic E-state index is 12.0. The molecule has 1 aliphatic heterocycles. The van der Waals surface area contributed by atoms with Gasteiger partial charge in [-0.2, -0.15) is 0 Å². The minimum absolute atomic E-state index is 0.0363. The van der Waals surface area contributed by atoms with E-state index < -0.39 is 5.97 Å². The summed E-state index contributed by atoms with van der Waals surface area (Å²) in [4.78, 5) is 24.4. The van der Waals surface area contributed by atoms with Gasteiger partial charge in [0.25, 0.3) is 0 Å². The monoisotopic (exact) mass is 272 g/mol. The van der Waals surface area contributed by atoms with Gasteiger partial charge in [0.15, 0.2) is 0 Å². The second kappa shape index (κ2) is 7.99. The Kier molecular flexibility index (Phi) is 6.62. The van der Waals surface area contributed by atoms with Crippen LogP contribution in [0.3, 0.4) is 0 Å². The molecule has 1 heterocycles. The van der Waals surface area contributed by atoms with Gasteiger partial charge >= 0.3 is 12.0 Å².